The molecule has 2 rings (SSSR count). The van der Waals surface area contributed by atoms with Gasteiger partial charge in [0.15, 0.2) is 0 Å². The number of rotatable bonds is 4. The summed E-state index contributed by atoms with van der Waals surface area (Å²) in [5, 5.41) is 0. The van der Waals surface area contributed by atoms with Crippen LogP contribution in [0.15, 0.2) is 0 Å². The first-order valence-corrected chi connectivity index (χ1v) is 6.50. The van der Waals surface area contributed by atoms with E-state index in [0.29, 0.717) is 45.7 Å². The first-order valence-electron chi connectivity index (χ1n) is 6.50. The minimum atomic E-state index is -0.274. The summed E-state index contributed by atoms with van der Waals surface area (Å²) >= 11 is 0. The number of imide groups is 1. The third kappa shape index (κ3) is 3.23. The summed E-state index contributed by atoms with van der Waals surface area (Å²) in [7, 11) is 1.60. The van der Waals surface area contributed by atoms with Gasteiger partial charge in [0.25, 0.3) is 0 Å². The van der Waals surface area contributed by atoms with Crippen LogP contribution in [0.4, 0.5) is 4.79 Å². The molecule has 7 nitrogen and oxygen atoms in total. The monoisotopic (exact) mass is 269 g/mol. The summed E-state index contributed by atoms with van der Waals surface area (Å²) in [4.78, 5) is 39.4. The van der Waals surface area contributed by atoms with Crippen LogP contribution in [0, 0.1) is 0 Å². The molecule has 0 saturated carbocycles. The molecule has 2 aliphatic heterocycles. The predicted octanol–water partition coefficient (Wildman–Crippen LogP) is -0.481. The van der Waals surface area contributed by atoms with E-state index in [9.17, 15) is 14.4 Å². The number of carbonyl (C=O) groups excluding carboxylic acids is 3. The fourth-order valence-electron chi connectivity index (χ4n) is 2.25. The Morgan fingerprint density at radius 2 is 1.95 bits per heavy atom. The van der Waals surface area contributed by atoms with E-state index in [2.05, 4.69) is 0 Å². The SMILES string of the molecule is CN1CC(=O)N(CCCC(=O)N2CCOCC2)C1=O. The Balaban J connectivity index is 1.72. The summed E-state index contributed by atoms with van der Waals surface area (Å²) in [6.07, 6.45) is 0.877. The van der Waals surface area contributed by atoms with E-state index in [1.807, 2.05) is 0 Å². The van der Waals surface area contributed by atoms with Crippen LogP contribution in [0.1, 0.15) is 12.8 Å². The van der Waals surface area contributed by atoms with Crippen molar-refractivity contribution < 1.29 is 19.1 Å². The van der Waals surface area contributed by atoms with Gasteiger partial charge >= 0.3 is 6.03 Å². The highest BCUT2D eigenvalue weighted by molar-refractivity contribution is 6.01. The van der Waals surface area contributed by atoms with Crippen molar-refractivity contribution >= 4 is 17.8 Å². The molecule has 0 bridgehead atoms. The summed E-state index contributed by atoms with van der Waals surface area (Å²) in [5.74, 6) is -0.123. The van der Waals surface area contributed by atoms with E-state index >= 15 is 0 Å². The first-order chi connectivity index (χ1) is 9.09. The van der Waals surface area contributed by atoms with Crippen LogP contribution >= 0.6 is 0 Å². The highest BCUT2D eigenvalue weighted by atomic mass is 16.5. The van der Waals surface area contributed by atoms with Crippen LogP contribution in [0.5, 0.6) is 0 Å². The molecule has 0 spiro atoms. The van der Waals surface area contributed by atoms with Crippen molar-refractivity contribution in [3.63, 3.8) is 0 Å². The third-order valence-electron chi connectivity index (χ3n) is 3.37. The second-order valence-corrected chi connectivity index (χ2v) is 4.78. The molecule has 0 aromatic rings. The number of carbonyl (C=O) groups is 3. The summed E-state index contributed by atoms with van der Waals surface area (Å²) in [5.41, 5.74) is 0. The molecule has 0 unspecified atom stereocenters. The molecular formula is C12H19N3O4. The van der Waals surface area contributed by atoms with Gasteiger partial charge in [0, 0.05) is 33.1 Å². The molecule has 106 valence electrons. The molecule has 4 amide bonds. The van der Waals surface area contributed by atoms with E-state index in [4.69, 9.17) is 4.74 Å². The van der Waals surface area contributed by atoms with Crippen LogP contribution in [0.3, 0.4) is 0 Å². The summed E-state index contributed by atoms with van der Waals surface area (Å²) in [6.45, 7) is 2.87. The number of hydrogen-bond acceptors (Lipinski definition) is 4. The number of nitrogens with zero attached hydrogens (tertiary/aromatic N) is 3. The van der Waals surface area contributed by atoms with E-state index in [1.165, 1.54) is 9.80 Å². The smallest absolute Gasteiger partial charge is 0.326 e. The van der Waals surface area contributed by atoms with Crippen LogP contribution in [-0.4, -0.2) is 79.0 Å². The van der Waals surface area contributed by atoms with E-state index in [0.717, 1.165) is 0 Å². The zero-order valence-electron chi connectivity index (χ0n) is 11.1. The van der Waals surface area contributed by atoms with Crippen molar-refractivity contribution in [2.45, 2.75) is 12.8 Å². The average Bonchev–Trinajstić information content (AvgIpc) is 2.66. The van der Waals surface area contributed by atoms with Gasteiger partial charge in [0.2, 0.25) is 11.8 Å². The zero-order chi connectivity index (χ0) is 13.8. The zero-order valence-corrected chi connectivity index (χ0v) is 11.1. The molecule has 0 aromatic heterocycles. The second-order valence-electron chi connectivity index (χ2n) is 4.78. The van der Waals surface area contributed by atoms with Gasteiger partial charge in [-0.05, 0) is 6.42 Å². The van der Waals surface area contributed by atoms with Gasteiger partial charge in [-0.3, -0.25) is 14.5 Å². The molecule has 0 radical (unpaired) electrons. The number of hydrogen-bond donors (Lipinski definition) is 0. The topological polar surface area (TPSA) is 70.2 Å². The Morgan fingerprint density at radius 1 is 1.26 bits per heavy atom. The Morgan fingerprint density at radius 3 is 2.53 bits per heavy atom. The second kappa shape index (κ2) is 6.01. The number of likely N-dealkylation sites (N-methyl/N-ethyl adjacent to an activating group) is 1. The molecule has 7 heteroatoms. The Labute approximate surface area is 112 Å². The van der Waals surface area contributed by atoms with Crippen molar-refractivity contribution in [1.29, 1.82) is 0 Å². The fourth-order valence-corrected chi connectivity index (χ4v) is 2.25. The Bertz CT molecular complexity index is 379. The molecule has 19 heavy (non-hydrogen) atoms. The van der Waals surface area contributed by atoms with E-state index in [-0.39, 0.29) is 24.4 Å². The minimum Gasteiger partial charge on any atom is -0.378 e. The minimum absolute atomic E-state index is 0.0655. The molecule has 0 aliphatic carbocycles. The number of urea groups is 1. The highest BCUT2D eigenvalue weighted by Gasteiger charge is 2.33. The summed E-state index contributed by atoms with van der Waals surface area (Å²) < 4.78 is 5.18. The van der Waals surface area contributed by atoms with Crippen molar-refractivity contribution in [1.82, 2.24) is 14.7 Å². The van der Waals surface area contributed by atoms with Gasteiger partial charge in [-0.15, -0.1) is 0 Å². The number of amides is 4. The highest BCUT2D eigenvalue weighted by Crippen LogP contribution is 2.10. The quantitative estimate of drug-likeness (QED) is 0.646. The van der Waals surface area contributed by atoms with Gasteiger partial charge < -0.3 is 14.5 Å². The largest absolute Gasteiger partial charge is 0.378 e. The standard InChI is InChI=1S/C12H19N3O4/c1-13-9-11(17)15(12(13)18)4-2-3-10(16)14-5-7-19-8-6-14/h2-9H2,1H3. The maximum Gasteiger partial charge on any atom is 0.326 e. The van der Waals surface area contributed by atoms with Gasteiger partial charge in [-0.25, -0.2) is 4.79 Å². The van der Waals surface area contributed by atoms with E-state index in [1.54, 1.807) is 11.9 Å². The van der Waals surface area contributed by atoms with Crippen LogP contribution in [-0.2, 0) is 14.3 Å². The molecule has 0 atom stereocenters. The average molecular weight is 269 g/mol. The maximum absolute atomic E-state index is 11.9. The van der Waals surface area contributed by atoms with Crippen molar-refractivity contribution in [2.75, 3.05) is 46.4 Å². The van der Waals surface area contributed by atoms with E-state index < -0.39 is 0 Å². The lowest BCUT2D eigenvalue weighted by molar-refractivity contribution is -0.135. The Hall–Kier alpha value is -1.63. The molecular weight excluding hydrogens is 250 g/mol. The van der Waals surface area contributed by atoms with Crippen LogP contribution < -0.4 is 0 Å². The molecule has 2 fully saturated rings. The first kappa shape index (κ1) is 13.8. The van der Waals surface area contributed by atoms with Crippen molar-refractivity contribution in [3.05, 3.63) is 0 Å². The number of morpholine rings is 1. The van der Waals surface area contributed by atoms with Gasteiger partial charge in [0.1, 0.15) is 6.54 Å². The molecule has 2 saturated heterocycles. The van der Waals surface area contributed by atoms with Gasteiger partial charge in [0.05, 0.1) is 13.2 Å². The van der Waals surface area contributed by atoms with Crippen molar-refractivity contribution in [3.8, 4) is 0 Å². The maximum atomic E-state index is 11.9. The lowest BCUT2D eigenvalue weighted by atomic mass is 10.2. The van der Waals surface area contributed by atoms with Gasteiger partial charge in [-0.2, -0.15) is 0 Å². The molecule has 0 N–H and O–H groups in total. The van der Waals surface area contributed by atoms with Crippen LogP contribution in [0.2, 0.25) is 0 Å². The fraction of sp³-hybridized carbons (Fsp3) is 0.750. The molecule has 2 aliphatic rings. The lowest BCUT2D eigenvalue weighted by Gasteiger charge is -2.27. The molecule has 0 aromatic carbocycles. The molecule has 2 heterocycles. The summed E-state index contributed by atoms with van der Waals surface area (Å²) in [6, 6.07) is -0.274. The van der Waals surface area contributed by atoms with Crippen LogP contribution in [0.25, 0.3) is 0 Å². The third-order valence-corrected chi connectivity index (χ3v) is 3.37. The number of ether oxygens (including phenoxy) is 1. The van der Waals surface area contributed by atoms with Gasteiger partial charge in [-0.1, -0.05) is 0 Å². The normalized spacial score (nSPS) is 20.4. The Kier molecular flexibility index (Phi) is 4.36. The lowest BCUT2D eigenvalue weighted by Crippen LogP contribution is -2.41. The predicted molar refractivity (Wildman–Crippen MR) is 66.4 cm³/mol. The van der Waals surface area contributed by atoms with Crippen molar-refractivity contribution in [2.24, 2.45) is 0 Å².